The average molecular weight is 414 g/mol. The molecule has 7 heteroatoms. The lowest BCUT2D eigenvalue weighted by atomic mass is 10.2. The smallest absolute Gasteiger partial charge is 0.410 e. The molecule has 1 amide bonds. The molecule has 0 heterocycles. The van der Waals surface area contributed by atoms with Gasteiger partial charge in [0.25, 0.3) is 0 Å². The van der Waals surface area contributed by atoms with E-state index in [0.29, 0.717) is 25.3 Å². The van der Waals surface area contributed by atoms with Crippen molar-refractivity contribution in [3.05, 3.63) is 40.4 Å². The van der Waals surface area contributed by atoms with E-state index < -0.39 is 17.7 Å². The number of methoxy groups -OCH3 is 1. The molecule has 0 spiro atoms. The van der Waals surface area contributed by atoms with Crippen LogP contribution in [0.2, 0.25) is 0 Å². The van der Waals surface area contributed by atoms with Gasteiger partial charge in [-0.3, -0.25) is 0 Å². The summed E-state index contributed by atoms with van der Waals surface area (Å²) in [5.74, 6) is -0.326. The predicted molar refractivity (Wildman–Crippen MR) is 98.7 cm³/mol. The predicted octanol–water partition coefficient (Wildman–Crippen LogP) is 4.23. The average Bonchev–Trinajstić information content (AvgIpc) is 2.50. The third-order valence-electron chi connectivity index (χ3n) is 3.09. The normalized spacial score (nSPS) is 11.4. The third kappa shape index (κ3) is 8.07. The highest BCUT2D eigenvalue weighted by atomic mass is 79.9. The maximum Gasteiger partial charge on any atom is 0.410 e. The maximum atomic E-state index is 12.5. The zero-order valence-corrected chi connectivity index (χ0v) is 16.5. The van der Waals surface area contributed by atoms with Gasteiger partial charge in [-0.05, 0) is 51.0 Å². The van der Waals surface area contributed by atoms with E-state index in [1.165, 1.54) is 11.0 Å². The number of carbonyl (C=O) groups excluding carboxylic acids is 1. The van der Waals surface area contributed by atoms with Crippen molar-refractivity contribution in [1.82, 2.24) is 4.90 Å². The van der Waals surface area contributed by atoms with Gasteiger partial charge >= 0.3 is 12.1 Å². The van der Waals surface area contributed by atoms with Crippen molar-refractivity contribution in [3.8, 4) is 5.75 Å². The first-order valence-electron chi connectivity index (χ1n) is 7.82. The minimum absolute atomic E-state index is 0.313. The molecule has 0 unspecified atom stereocenters. The van der Waals surface area contributed by atoms with Crippen LogP contribution in [0.25, 0.3) is 0 Å². The number of hydrogen-bond acceptors (Lipinski definition) is 4. The molecule has 0 saturated heterocycles. The van der Waals surface area contributed by atoms with Crippen molar-refractivity contribution in [2.75, 3.05) is 13.7 Å². The van der Waals surface area contributed by atoms with E-state index >= 15 is 0 Å². The van der Waals surface area contributed by atoms with Crippen LogP contribution in [-0.2, 0) is 16.1 Å². The Bertz CT molecular complexity index is 637. The van der Waals surface area contributed by atoms with Gasteiger partial charge < -0.3 is 19.5 Å². The SMILES string of the molecule is COc1ccc(Br)c(CN(CC/C=C/C(=O)O)C(=O)OC(C)(C)C)c1. The van der Waals surface area contributed by atoms with Gasteiger partial charge in [0.15, 0.2) is 0 Å². The lowest BCUT2D eigenvalue weighted by Crippen LogP contribution is -2.37. The summed E-state index contributed by atoms with van der Waals surface area (Å²) >= 11 is 3.47. The molecular weight excluding hydrogens is 390 g/mol. The van der Waals surface area contributed by atoms with Crippen molar-refractivity contribution in [2.24, 2.45) is 0 Å². The molecule has 1 aromatic rings. The van der Waals surface area contributed by atoms with Crippen LogP contribution in [-0.4, -0.2) is 41.3 Å². The van der Waals surface area contributed by atoms with Crippen LogP contribution in [0.1, 0.15) is 32.8 Å². The topological polar surface area (TPSA) is 76.1 Å². The fourth-order valence-electron chi connectivity index (χ4n) is 1.98. The van der Waals surface area contributed by atoms with Crippen LogP contribution >= 0.6 is 15.9 Å². The molecule has 25 heavy (non-hydrogen) atoms. The highest BCUT2D eigenvalue weighted by molar-refractivity contribution is 9.10. The van der Waals surface area contributed by atoms with Crippen molar-refractivity contribution >= 4 is 28.0 Å². The Morgan fingerprint density at radius 1 is 1.32 bits per heavy atom. The number of benzene rings is 1. The Kier molecular flexibility index (Phi) is 7.96. The Morgan fingerprint density at radius 2 is 2.00 bits per heavy atom. The minimum Gasteiger partial charge on any atom is -0.497 e. The van der Waals surface area contributed by atoms with E-state index in [1.807, 2.05) is 18.2 Å². The van der Waals surface area contributed by atoms with E-state index in [9.17, 15) is 9.59 Å². The maximum absolute atomic E-state index is 12.5. The Balaban J connectivity index is 2.93. The van der Waals surface area contributed by atoms with Gasteiger partial charge in [0.1, 0.15) is 11.4 Å². The number of aliphatic carboxylic acids is 1. The lowest BCUT2D eigenvalue weighted by Gasteiger charge is -2.27. The van der Waals surface area contributed by atoms with Crippen LogP contribution in [0.4, 0.5) is 4.79 Å². The molecule has 0 radical (unpaired) electrons. The first kappa shape index (κ1) is 21.0. The van der Waals surface area contributed by atoms with Gasteiger partial charge in [-0.15, -0.1) is 0 Å². The number of nitrogens with zero attached hydrogens (tertiary/aromatic N) is 1. The summed E-state index contributed by atoms with van der Waals surface area (Å²) in [7, 11) is 1.58. The van der Waals surface area contributed by atoms with Gasteiger partial charge in [-0.25, -0.2) is 9.59 Å². The van der Waals surface area contributed by atoms with Crippen molar-refractivity contribution in [1.29, 1.82) is 0 Å². The van der Waals surface area contributed by atoms with Gasteiger partial charge in [0, 0.05) is 17.1 Å². The molecule has 0 aliphatic carbocycles. The zero-order valence-electron chi connectivity index (χ0n) is 14.9. The number of carboxylic acids is 1. The Labute approximate surface area is 156 Å². The second-order valence-electron chi connectivity index (χ2n) is 6.39. The summed E-state index contributed by atoms with van der Waals surface area (Å²) in [6, 6.07) is 5.52. The highest BCUT2D eigenvalue weighted by Crippen LogP contribution is 2.24. The van der Waals surface area contributed by atoms with Crippen LogP contribution in [0.5, 0.6) is 5.75 Å². The fourth-order valence-corrected chi connectivity index (χ4v) is 2.35. The quantitative estimate of drug-likeness (QED) is 0.676. The van der Waals surface area contributed by atoms with Crippen molar-refractivity contribution in [2.45, 2.75) is 39.3 Å². The van der Waals surface area contributed by atoms with E-state index in [4.69, 9.17) is 14.6 Å². The molecule has 1 aromatic carbocycles. The minimum atomic E-state index is -1.01. The van der Waals surface area contributed by atoms with Gasteiger partial charge in [-0.1, -0.05) is 22.0 Å². The molecule has 0 atom stereocenters. The zero-order chi connectivity index (χ0) is 19.0. The highest BCUT2D eigenvalue weighted by Gasteiger charge is 2.22. The summed E-state index contributed by atoms with van der Waals surface area (Å²) in [4.78, 5) is 24.6. The number of amides is 1. The summed E-state index contributed by atoms with van der Waals surface area (Å²) in [5.41, 5.74) is 0.255. The Hall–Kier alpha value is -2.02. The molecule has 0 fully saturated rings. The molecular formula is C18H24BrNO5. The van der Waals surface area contributed by atoms with Gasteiger partial charge in [0.2, 0.25) is 0 Å². The molecule has 0 aliphatic heterocycles. The number of rotatable bonds is 7. The van der Waals surface area contributed by atoms with Crippen molar-refractivity contribution < 1.29 is 24.2 Å². The summed E-state index contributed by atoms with van der Waals surface area (Å²) in [6.07, 6.45) is 2.54. The van der Waals surface area contributed by atoms with Crippen LogP contribution in [0.15, 0.2) is 34.8 Å². The fraction of sp³-hybridized carbons (Fsp3) is 0.444. The lowest BCUT2D eigenvalue weighted by molar-refractivity contribution is -0.131. The third-order valence-corrected chi connectivity index (χ3v) is 3.87. The van der Waals surface area contributed by atoms with Crippen LogP contribution < -0.4 is 4.74 Å². The number of hydrogen-bond donors (Lipinski definition) is 1. The molecule has 0 aliphatic rings. The van der Waals surface area contributed by atoms with E-state index in [0.717, 1.165) is 16.1 Å². The van der Waals surface area contributed by atoms with E-state index in [2.05, 4.69) is 15.9 Å². The molecule has 6 nitrogen and oxygen atoms in total. The van der Waals surface area contributed by atoms with Crippen LogP contribution in [0, 0.1) is 0 Å². The molecule has 1 N–H and O–H groups in total. The van der Waals surface area contributed by atoms with Gasteiger partial charge in [-0.2, -0.15) is 0 Å². The molecule has 0 bridgehead atoms. The monoisotopic (exact) mass is 413 g/mol. The summed E-state index contributed by atoms with van der Waals surface area (Å²) < 4.78 is 11.5. The van der Waals surface area contributed by atoms with E-state index in [1.54, 1.807) is 27.9 Å². The molecule has 1 rings (SSSR count). The first-order chi connectivity index (χ1) is 11.6. The van der Waals surface area contributed by atoms with Gasteiger partial charge in [0.05, 0.1) is 13.7 Å². The van der Waals surface area contributed by atoms with Crippen LogP contribution in [0.3, 0.4) is 0 Å². The second kappa shape index (κ2) is 9.46. The number of carboxylic acid groups (broad SMARTS) is 1. The Morgan fingerprint density at radius 3 is 2.56 bits per heavy atom. The van der Waals surface area contributed by atoms with Crippen molar-refractivity contribution in [3.63, 3.8) is 0 Å². The molecule has 0 saturated carbocycles. The van der Waals surface area contributed by atoms with E-state index in [-0.39, 0.29) is 0 Å². The first-order valence-corrected chi connectivity index (χ1v) is 8.61. The second-order valence-corrected chi connectivity index (χ2v) is 7.24. The number of ether oxygens (including phenoxy) is 2. The molecule has 0 aromatic heterocycles. The summed E-state index contributed by atoms with van der Waals surface area (Å²) in [6.45, 7) is 6.05. The standard InChI is InChI=1S/C18H24BrNO5/c1-18(2,3)25-17(23)20(10-6-5-7-16(21)22)12-13-11-14(24-4)8-9-15(13)19/h5,7-9,11H,6,10,12H2,1-4H3,(H,21,22)/b7-5+. The number of carbonyl (C=O) groups is 2. The molecule has 138 valence electrons. The largest absolute Gasteiger partial charge is 0.497 e. The summed E-state index contributed by atoms with van der Waals surface area (Å²) in [5, 5.41) is 8.66. The number of halogens is 1.